The minimum absolute atomic E-state index is 0.0982. The summed E-state index contributed by atoms with van der Waals surface area (Å²) >= 11 is 5.46. The lowest BCUT2D eigenvalue weighted by atomic mass is 10.0. The van der Waals surface area contributed by atoms with Crippen molar-refractivity contribution >= 4 is 23.4 Å². The molecular formula is C13H17ClN2O2. The molecular weight excluding hydrogens is 252 g/mol. The second-order valence-corrected chi connectivity index (χ2v) is 4.23. The first-order chi connectivity index (χ1) is 8.65. The van der Waals surface area contributed by atoms with Crippen LogP contribution in [0.25, 0.3) is 0 Å². The van der Waals surface area contributed by atoms with Gasteiger partial charge in [-0.25, -0.2) is 0 Å². The predicted octanol–water partition coefficient (Wildman–Crippen LogP) is 1.09. The molecule has 2 N–H and O–H groups in total. The molecule has 5 heteroatoms. The van der Waals surface area contributed by atoms with Gasteiger partial charge in [0.15, 0.2) is 0 Å². The third-order valence-electron chi connectivity index (χ3n) is 2.52. The van der Waals surface area contributed by atoms with E-state index in [-0.39, 0.29) is 30.2 Å². The molecule has 1 atom stereocenters. The maximum absolute atomic E-state index is 11.4. The molecule has 4 nitrogen and oxygen atoms in total. The van der Waals surface area contributed by atoms with Crippen LogP contribution in [0.3, 0.4) is 0 Å². The van der Waals surface area contributed by atoms with E-state index in [1.165, 1.54) is 0 Å². The maximum atomic E-state index is 11.4. The summed E-state index contributed by atoms with van der Waals surface area (Å²) in [6, 6.07) is 9.46. The summed E-state index contributed by atoms with van der Waals surface area (Å²) < 4.78 is 0. The van der Waals surface area contributed by atoms with Crippen LogP contribution in [0.2, 0.25) is 0 Å². The highest BCUT2D eigenvalue weighted by Gasteiger charge is 2.15. The Morgan fingerprint density at radius 2 is 1.89 bits per heavy atom. The van der Waals surface area contributed by atoms with E-state index in [2.05, 4.69) is 10.6 Å². The van der Waals surface area contributed by atoms with Crippen molar-refractivity contribution in [3.05, 3.63) is 35.9 Å². The van der Waals surface area contributed by atoms with Crippen LogP contribution in [0.15, 0.2) is 30.3 Å². The van der Waals surface area contributed by atoms with Crippen LogP contribution >= 0.6 is 11.6 Å². The Kier molecular flexibility index (Phi) is 6.22. The molecule has 1 rings (SSSR count). The highest BCUT2D eigenvalue weighted by molar-refractivity contribution is 6.27. The van der Waals surface area contributed by atoms with Crippen LogP contribution < -0.4 is 10.6 Å². The number of carbonyl (C=O) groups is 2. The molecule has 0 saturated carbocycles. The van der Waals surface area contributed by atoms with E-state index in [4.69, 9.17) is 11.6 Å². The molecule has 1 aromatic carbocycles. The van der Waals surface area contributed by atoms with Crippen LogP contribution in [-0.4, -0.2) is 30.8 Å². The standard InChI is InChI=1S/C13H17ClN2O2/c1-15-12(17)8-11(16-13(18)9-14)7-10-5-3-2-4-6-10/h2-6,11H,7-9H2,1H3,(H,15,17)(H,16,18)/t11-/m0/s1. The number of nitrogens with one attached hydrogen (secondary N) is 2. The van der Waals surface area contributed by atoms with Gasteiger partial charge in [-0.3, -0.25) is 9.59 Å². The lowest BCUT2D eigenvalue weighted by molar-refractivity contribution is -0.122. The van der Waals surface area contributed by atoms with E-state index in [1.807, 2.05) is 30.3 Å². The molecule has 2 amide bonds. The topological polar surface area (TPSA) is 58.2 Å². The van der Waals surface area contributed by atoms with Gasteiger partial charge in [-0.2, -0.15) is 0 Å². The minimum Gasteiger partial charge on any atom is -0.359 e. The van der Waals surface area contributed by atoms with Gasteiger partial charge in [0.1, 0.15) is 5.88 Å². The van der Waals surface area contributed by atoms with Crippen molar-refractivity contribution in [1.29, 1.82) is 0 Å². The molecule has 0 aliphatic heterocycles. The fourth-order valence-electron chi connectivity index (χ4n) is 1.66. The van der Waals surface area contributed by atoms with Gasteiger partial charge in [-0.1, -0.05) is 30.3 Å². The quantitative estimate of drug-likeness (QED) is 0.759. The smallest absolute Gasteiger partial charge is 0.235 e. The number of hydrogen-bond donors (Lipinski definition) is 2. The predicted molar refractivity (Wildman–Crippen MR) is 71.5 cm³/mol. The zero-order valence-electron chi connectivity index (χ0n) is 10.3. The number of alkyl halides is 1. The highest BCUT2D eigenvalue weighted by Crippen LogP contribution is 2.06. The summed E-state index contributed by atoms with van der Waals surface area (Å²) in [6.07, 6.45) is 0.852. The fourth-order valence-corrected chi connectivity index (χ4v) is 1.74. The van der Waals surface area contributed by atoms with Crippen molar-refractivity contribution < 1.29 is 9.59 Å². The van der Waals surface area contributed by atoms with Crippen molar-refractivity contribution in [2.75, 3.05) is 12.9 Å². The fraction of sp³-hybridized carbons (Fsp3) is 0.385. The second kappa shape index (κ2) is 7.71. The summed E-state index contributed by atoms with van der Waals surface area (Å²) in [5.74, 6) is -0.466. The van der Waals surface area contributed by atoms with Crippen LogP contribution in [0.4, 0.5) is 0 Å². The van der Waals surface area contributed by atoms with Crippen molar-refractivity contribution in [2.45, 2.75) is 18.9 Å². The minimum atomic E-state index is -0.262. The number of amides is 2. The first-order valence-corrected chi connectivity index (χ1v) is 6.29. The Labute approximate surface area is 112 Å². The van der Waals surface area contributed by atoms with Crippen molar-refractivity contribution in [3.8, 4) is 0 Å². The number of rotatable bonds is 6. The Morgan fingerprint density at radius 3 is 2.44 bits per heavy atom. The molecule has 0 spiro atoms. The number of hydrogen-bond acceptors (Lipinski definition) is 2. The van der Waals surface area contributed by atoms with E-state index >= 15 is 0 Å². The monoisotopic (exact) mass is 268 g/mol. The van der Waals surface area contributed by atoms with Crippen molar-refractivity contribution in [3.63, 3.8) is 0 Å². The molecule has 0 aliphatic carbocycles. The second-order valence-electron chi connectivity index (χ2n) is 3.97. The third-order valence-corrected chi connectivity index (χ3v) is 2.76. The molecule has 0 saturated heterocycles. The Balaban J connectivity index is 2.64. The van der Waals surface area contributed by atoms with Crippen LogP contribution in [0, 0.1) is 0 Å². The van der Waals surface area contributed by atoms with E-state index in [0.29, 0.717) is 6.42 Å². The summed E-state index contributed by atoms with van der Waals surface area (Å²) in [6.45, 7) is 0. The molecule has 18 heavy (non-hydrogen) atoms. The first-order valence-electron chi connectivity index (χ1n) is 5.75. The van der Waals surface area contributed by atoms with Crippen molar-refractivity contribution in [1.82, 2.24) is 10.6 Å². The highest BCUT2D eigenvalue weighted by atomic mass is 35.5. The van der Waals surface area contributed by atoms with Gasteiger partial charge < -0.3 is 10.6 Å². The Morgan fingerprint density at radius 1 is 1.22 bits per heavy atom. The van der Waals surface area contributed by atoms with E-state index in [9.17, 15) is 9.59 Å². The van der Waals surface area contributed by atoms with Crippen LogP contribution in [-0.2, 0) is 16.0 Å². The molecule has 0 heterocycles. The average Bonchev–Trinajstić information content (AvgIpc) is 2.39. The van der Waals surface area contributed by atoms with Gasteiger partial charge >= 0.3 is 0 Å². The lowest BCUT2D eigenvalue weighted by Gasteiger charge is -2.17. The van der Waals surface area contributed by atoms with Gasteiger partial charge in [0.05, 0.1) is 0 Å². The van der Waals surface area contributed by atoms with E-state index in [0.717, 1.165) is 5.56 Å². The average molecular weight is 269 g/mol. The molecule has 0 radical (unpaired) electrons. The van der Waals surface area contributed by atoms with Gasteiger partial charge in [-0.05, 0) is 12.0 Å². The van der Waals surface area contributed by atoms with E-state index < -0.39 is 0 Å². The largest absolute Gasteiger partial charge is 0.359 e. The summed E-state index contributed by atoms with van der Waals surface area (Å²) in [5.41, 5.74) is 1.07. The molecule has 0 aliphatic rings. The summed E-state index contributed by atoms with van der Waals surface area (Å²) in [7, 11) is 1.57. The Hall–Kier alpha value is -1.55. The molecule has 0 fully saturated rings. The zero-order valence-corrected chi connectivity index (χ0v) is 11.0. The van der Waals surface area contributed by atoms with Gasteiger partial charge in [-0.15, -0.1) is 11.6 Å². The summed E-state index contributed by atoms with van der Waals surface area (Å²) in [4.78, 5) is 22.7. The number of benzene rings is 1. The lowest BCUT2D eigenvalue weighted by Crippen LogP contribution is -2.40. The van der Waals surface area contributed by atoms with Crippen molar-refractivity contribution in [2.24, 2.45) is 0 Å². The normalized spacial score (nSPS) is 11.7. The molecule has 98 valence electrons. The molecule has 0 unspecified atom stereocenters. The van der Waals surface area contributed by atoms with Crippen LogP contribution in [0.5, 0.6) is 0 Å². The number of halogens is 1. The molecule has 1 aromatic rings. The third kappa shape index (κ3) is 5.19. The van der Waals surface area contributed by atoms with Gasteiger partial charge in [0.25, 0.3) is 0 Å². The SMILES string of the molecule is CNC(=O)C[C@H](Cc1ccccc1)NC(=O)CCl. The Bertz CT molecular complexity index is 377. The maximum Gasteiger partial charge on any atom is 0.235 e. The first kappa shape index (κ1) is 14.5. The van der Waals surface area contributed by atoms with Gasteiger partial charge in [0.2, 0.25) is 11.8 Å². The zero-order chi connectivity index (χ0) is 13.4. The van der Waals surface area contributed by atoms with Crippen LogP contribution in [0.1, 0.15) is 12.0 Å². The summed E-state index contributed by atoms with van der Waals surface area (Å²) in [5, 5.41) is 5.30. The molecule has 0 bridgehead atoms. The molecule has 0 aromatic heterocycles. The number of carbonyl (C=O) groups excluding carboxylic acids is 2. The van der Waals surface area contributed by atoms with Gasteiger partial charge in [0, 0.05) is 19.5 Å². The van der Waals surface area contributed by atoms with E-state index in [1.54, 1.807) is 7.05 Å².